The Morgan fingerprint density at radius 1 is 1.69 bits per heavy atom. The summed E-state index contributed by atoms with van der Waals surface area (Å²) in [5.41, 5.74) is 0. The van der Waals surface area contributed by atoms with Crippen LogP contribution in [0, 0.1) is 17.3 Å². The number of aromatic nitrogens is 1. The molecule has 84 valence electrons. The van der Waals surface area contributed by atoms with Gasteiger partial charge in [-0.25, -0.2) is 4.98 Å². The lowest BCUT2D eigenvalue weighted by molar-refractivity contribution is -0.123. The lowest BCUT2D eigenvalue weighted by atomic mass is 10.4. The molecule has 0 atom stereocenters. The van der Waals surface area contributed by atoms with Gasteiger partial charge >= 0.3 is 0 Å². The standard InChI is InChI=1S/C10H10FN3O2/c11-10-8(3-1-5-14-10)16-7-9(15)13-6-2-4-12/h1,3,5H,2,6-7H2,(H,13,15). The van der Waals surface area contributed by atoms with Gasteiger partial charge in [0.15, 0.2) is 12.4 Å². The number of hydrogen-bond acceptors (Lipinski definition) is 4. The molecule has 0 saturated heterocycles. The molecule has 0 aliphatic rings. The molecule has 1 aromatic heterocycles. The third kappa shape index (κ3) is 3.92. The van der Waals surface area contributed by atoms with E-state index in [1.54, 1.807) is 0 Å². The van der Waals surface area contributed by atoms with Gasteiger partial charge in [0.2, 0.25) is 0 Å². The first-order valence-corrected chi connectivity index (χ1v) is 4.61. The number of halogens is 1. The zero-order valence-electron chi connectivity index (χ0n) is 8.44. The smallest absolute Gasteiger partial charge is 0.257 e. The number of nitriles is 1. The largest absolute Gasteiger partial charge is 0.479 e. The Kier molecular flexibility index (Phi) is 4.73. The average molecular weight is 223 g/mol. The Labute approximate surface area is 91.9 Å². The van der Waals surface area contributed by atoms with Crippen molar-refractivity contribution in [2.24, 2.45) is 0 Å². The summed E-state index contributed by atoms with van der Waals surface area (Å²) >= 11 is 0. The van der Waals surface area contributed by atoms with E-state index in [9.17, 15) is 9.18 Å². The number of carbonyl (C=O) groups excluding carboxylic acids is 1. The van der Waals surface area contributed by atoms with Crippen molar-refractivity contribution in [3.8, 4) is 11.8 Å². The van der Waals surface area contributed by atoms with Crippen LogP contribution in [0.3, 0.4) is 0 Å². The number of ether oxygens (including phenoxy) is 1. The van der Waals surface area contributed by atoms with Gasteiger partial charge in [-0.1, -0.05) is 0 Å². The fourth-order valence-electron chi connectivity index (χ4n) is 0.931. The van der Waals surface area contributed by atoms with Gasteiger partial charge in [-0.3, -0.25) is 4.79 Å². The number of pyridine rings is 1. The molecule has 0 aliphatic carbocycles. The second-order valence-corrected chi connectivity index (χ2v) is 2.84. The fraction of sp³-hybridized carbons (Fsp3) is 0.300. The van der Waals surface area contributed by atoms with E-state index in [0.717, 1.165) is 0 Å². The van der Waals surface area contributed by atoms with Crippen LogP contribution >= 0.6 is 0 Å². The van der Waals surface area contributed by atoms with Gasteiger partial charge in [-0.05, 0) is 12.1 Å². The molecule has 1 amide bonds. The van der Waals surface area contributed by atoms with Crippen LogP contribution in [0.2, 0.25) is 0 Å². The average Bonchev–Trinajstić information content (AvgIpc) is 2.28. The summed E-state index contributed by atoms with van der Waals surface area (Å²) in [4.78, 5) is 14.5. The van der Waals surface area contributed by atoms with Crippen molar-refractivity contribution in [3.05, 3.63) is 24.3 Å². The normalized spacial score (nSPS) is 9.25. The van der Waals surface area contributed by atoms with E-state index in [2.05, 4.69) is 10.3 Å². The van der Waals surface area contributed by atoms with Crippen molar-refractivity contribution in [1.82, 2.24) is 10.3 Å². The second kappa shape index (κ2) is 6.35. The summed E-state index contributed by atoms with van der Waals surface area (Å²) < 4.78 is 17.8. The zero-order valence-corrected chi connectivity index (χ0v) is 8.44. The molecule has 0 bridgehead atoms. The van der Waals surface area contributed by atoms with Crippen molar-refractivity contribution < 1.29 is 13.9 Å². The lowest BCUT2D eigenvalue weighted by Crippen LogP contribution is -2.29. The minimum absolute atomic E-state index is 0.0714. The van der Waals surface area contributed by atoms with E-state index in [1.807, 2.05) is 6.07 Å². The minimum atomic E-state index is -0.757. The molecule has 0 radical (unpaired) electrons. The van der Waals surface area contributed by atoms with Crippen molar-refractivity contribution >= 4 is 5.91 Å². The highest BCUT2D eigenvalue weighted by Crippen LogP contribution is 2.12. The van der Waals surface area contributed by atoms with Gasteiger partial charge in [0.05, 0.1) is 12.5 Å². The molecular weight excluding hydrogens is 213 g/mol. The third-order valence-corrected chi connectivity index (χ3v) is 1.64. The molecule has 1 heterocycles. The molecule has 0 saturated carbocycles. The maximum atomic E-state index is 12.9. The predicted octanol–water partition coefficient (Wildman–Crippen LogP) is 0.629. The highest BCUT2D eigenvalue weighted by Gasteiger charge is 2.06. The molecule has 0 aliphatic heterocycles. The van der Waals surface area contributed by atoms with E-state index >= 15 is 0 Å². The molecule has 0 unspecified atom stereocenters. The van der Waals surface area contributed by atoms with E-state index in [4.69, 9.17) is 10.00 Å². The van der Waals surface area contributed by atoms with Crippen LogP contribution in [0.4, 0.5) is 4.39 Å². The highest BCUT2D eigenvalue weighted by atomic mass is 19.1. The zero-order chi connectivity index (χ0) is 11.8. The SMILES string of the molecule is N#CCCNC(=O)COc1cccnc1F. The van der Waals surface area contributed by atoms with Crippen molar-refractivity contribution in [1.29, 1.82) is 5.26 Å². The van der Waals surface area contributed by atoms with E-state index in [1.165, 1.54) is 18.3 Å². The van der Waals surface area contributed by atoms with Crippen LogP contribution in [0.25, 0.3) is 0 Å². The Morgan fingerprint density at radius 2 is 2.50 bits per heavy atom. The molecule has 1 rings (SSSR count). The summed E-state index contributed by atoms with van der Waals surface area (Å²) in [6.07, 6.45) is 1.52. The lowest BCUT2D eigenvalue weighted by Gasteiger charge is -2.06. The first-order chi connectivity index (χ1) is 7.74. The van der Waals surface area contributed by atoms with Crippen LogP contribution in [0.1, 0.15) is 6.42 Å². The summed E-state index contributed by atoms with van der Waals surface area (Å²) in [6.45, 7) is -0.0394. The third-order valence-electron chi connectivity index (χ3n) is 1.64. The Balaban J connectivity index is 2.32. The molecule has 16 heavy (non-hydrogen) atoms. The van der Waals surface area contributed by atoms with Gasteiger partial charge in [-0.2, -0.15) is 9.65 Å². The highest BCUT2D eigenvalue weighted by molar-refractivity contribution is 5.77. The summed E-state index contributed by atoms with van der Waals surface area (Å²) in [5, 5.41) is 10.7. The van der Waals surface area contributed by atoms with Gasteiger partial charge in [-0.15, -0.1) is 0 Å². The summed E-state index contributed by atoms with van der Waals surface area (Å²) in [5.74, 6) is -1.23. The van der Waals surface area contributed by atoms with Crippen molar-refractivity contribution in [2.45, 2.75) is 6.42 Å². The number of rotatable bonds is 5. The number of carbonyl (C=O) groups is 1. The van der Waals surface area contributed by atoms with E-state index in [0.29, 0.717) is 0 Å². The number of amides is 1. The molecular formula is C10H10FN3O2. The first kappa shape index (κ1) is 11.9. The Bertz CT molecular complexity index is 403. The molecule has 5 nitrogen and oxygen atoms in total. The second-order valence-electron chi connectivity index (χ2n) is 2.84. The van der Waals surface area contributed by atoms with Crippen LogP contribution < -0.4 is 10.1 Å². The molecule has 0 spiro atoms. The topological polar surface area (TPSA) is 75.0 Å². The molecule has 6 heteroatoms. The summed E-state index contributed by atoms with van der Waals surface area (Å²) in [6, 6.07) is 4.77. The quantitative estimate of drug-likeness (QED) is 0.586. The minimum Gasteiger partial charge on any atom is -0.479 e. The first-order valence-electron chi connectivity index (χ1n) is 4.61. The maximum absolute atomic E-state index is 12.9. The van der Waals surface area contributed by atoms with Crippen LogP contribution in [-0.4, -0.2) is 24.0 Å². The van der Waals surface area contributed by atoms with Crippen LogP contribution in [-0.2, 0) is 4.79 Å². The molecule has 1 aromatic rings. The van der Waals surface area contributed by atoms with Gasteiger partial charge < -0.3 is 10.1 Å². The molecule has 1 N–H and O–H groups in total. The Morgan fingerprint density at radius 3 is 3.19 bits per heavy atom. The number of hydrogen-bond donors (Lipinski definition) is 1. The van der Waals surface area contributed by atoms with Crippen molar-refractivity contribution in [2.75, 3.05) is 13.2 Å². The maximum Gasteiger partial charge on any atom is 0.257 e. The molecule has 0 aromatic carbocycles. The van der Waals surface area contributed by atoms with Gasteiger partial charge in [0, 0.05) is 12.7 Å². The number of nitrogens with zero attached hydrogens (tertiary/aromatic N) is 2. The monoisotopic (exact) mass is 223 g/mol. The van der Waals surface area contributed by atoms with Crippen molar-refractivity contribution in [3.63, 3.8) is 0 Å². The Hall–Kier alpha value is -2.16. The van der Waals surface area contributed by atoms with E-state index < -0.39 is 11.9 Å². The number of nitrogens with one attached hydrogen (secondary N) is 1. The summed E-state index contributed by atoms with van der Waals surface area (Å²) in [7, 11) is 0. The molecule has 0 fully saturated rings. The fourth-order valence-corrected chi connectivity index (χ4v) is 0.931. The van der Waals surface area contributed by atoms with Gasteiger partial charge in [0.25, 0.3) is 11.9 Å². The van der Waals surface area contributed by atoms with Gasteiger partial charge in [0.1, 0.15) is 0 Å². The van der Waals surface area contributed by atoms with Crippen LogP contribution in [0.15, 0.2) is 18.3 Å². The van der Waals surface area contributed by atoms with Crippen LogP contribution in [0.5, 0.6) is 5.75 Å². The predicted molar refractivity (Wildman–Crippen MR) is 52.9 cm³/mol. The van der Waals surface area contributed by atoms with E-state index in [-0.39, 0.29) is 25.3 Å².